The second-order valence-corrected chi connectivity index (χ2v) is 7.32. The fourth-order valence-corrected chi connectivity index (χ4v) is 4.09. The first-order valence-corrected chi connectivity index (χ1v) is 9.38. The topological polar surface area (TPSA) is 37.4 Å². The summed E-state index contributed by atoms with van der Waals surface area (Å²) in [4.78, 5) is 6.65. The van der Waals surface area contributed by atoms with E-state index in [1.807, 2.05) is 12.4 Å². The molecule has 25 heavy (non-hydrogen) atoms. The van der Waals surface area contributed by atoms with E-state index in [0.717, 1.165) is 32.0 Å². The summed E-state index contributed by atoms with van der Waals surface area (Å²) in [6.45, 7) is 6.46. The first-order chi connectivity index (χ1) is 12.3. The van der Waals surface area contributed by atoms with Crippen LogP contribution in [0.1, 0.15) is 36.8 Å². The van der Waals surface area contributed by atoms with Gasteiger partial charge < -0.3 is 10.1 Å². The summed E-state index contributed by atoms with van der Waals surface area (Å²) >= 11 is 0. The molecule has 4 heteroatoms. The number of aromatic nitrogens is 1. The number of rotatable bonds is 5. The number of hydrogen-bond acceptors (Lipinski definition) is 4. The largest absolute Gasteiger partial charge is 0.493 e. The van der Waals surface area contributed by atoms with Crippen LogP contribution in [0.2, 0.25) is 0 Å². The molecule has 1 saturated heterocycles. The Bertz CT molecular complexity index is 683. The Morgan fingerprint density at radius 2 is 1.92 bits per heavy atom. The lowest BCUT2D eigenvalue weighted by Crippen LogP contribution is -2.47. The molecule has 0 amide bonds. The van der Waals surface area contributed by atoms with Crippen LogP contribution in [-0.2, 0) is 6.54 Å². The van der Waals surface area contributed by atoms with E-state index in [-0.39, 0.29) is 0 Å². The van der Waals surface area contributed by atoms with E-state index in [1.165, 1.54) is 24.0 Å². The zero-order valence-corrected chi connectivity index (χ0v) is 14.9. The van der Waals surface area contributed by atoms with E-state index in [4.69, 9.17) is 4.74 Å². The van der Waals surface area contributed by atoms with E-state index in [2.05, 4.69) is 58.5 Å². The van der Waals surface area contributed by atoms with Gasteiger partial charge in [0.2, 0.25) is 0 Å². The molecule has 3 heterocycles. The van der Waals surface area contributed by atoms with Crippen molar-refractivity contribution in [3.63, 3.8) is 0 Å². The zero-order valence-electron chi connectivity index (χ0n) is 14.9. The van der Waals surface area contributed by atoms with E-state index < -0.39 is 0 Å². The van der Waals surface area contributed by atoms with Crippen LogP contribution in [-0.4, -0.2) is 41.7 Å². The Labute approximate surface area is 150 Å². The molecule has 2 atom stereocenters. The Morgan fingerprint density at radius 3 is 2.72 bits per heavy atom. The molecule has 2 aliphatic heterocycles. The number of pyridine rings is 1. The summed E-state index contributed by atoms with van der Waals surface area (Å²) in [5.41, 5.74) is 2.71. The van der Waals surface area contributed by atoms with Crippen molar-refractivity contribution in [1.82, 2.24) is 15.2 Å². The van der Waals surface area contributed by atoms with Crippen LogP contribution in [0, 0.1) is 0 Å². The van der Waals surface area contributed by atoms with Gasteiger partial charge in [0.1, 0.15) is 5.75 Å². The normalized spacial score (nSPS) is 22.4. The molecule has 0 aliphatic carbocycles. The van der Waals surface area contributed by atoms with Crippen molar-refractivity contribution in [3.8, 4) is 5.75 Å². The Kier molecular flexibility index (Phi) is 4.99. The third kappa shape index (κ3) is 3.86. The van der Waals surface area contributed by atoms with E-state index in [1.54, 1.807) is 0 Å². The number of nitrogens with one attached hydrogen (secondary N) is 1. The number of ether oxygens (including phenoxy) is 1. The first kappa shape index (κ1) is 16.6. The van der Waals surface area contributed by atoms with Crippen molar-refractivity contribution in [3.05, 3.63) is 59.9 Å². The number of benzene rings is 1. The summed E-state index contributed by atoms with van der Waals surface area (Å²) in [6, 6.07) is 13.7. The monoisotopic (exact) mass is 337 g/mol. The maximum Gasteiger partial charge on any atom is 0.122 e. The van der Waals surface area contributed by atoms with Crippen molar-refractivity contribution in [1.29, 1.82) is 0 Å². The van der Waals surface area contributed by atoms with Crippen LogP contribution < -0.4 is 10.1 Å². The van der Waals surface area contributed by atoms with Crippen LogP contribution in [0.15, 0.2) is 48.8 Å². The molecule has 4 rings (SSSR count). The molecule has 132 valence electrons. The fourth-order valence-electron chi connectivity index (χ4n) is 4.09. The Hall–Kier alpha value is -1.91. The second kappa shape index (κ2) is 7.54. The number of nitrogens with zero attached hydrogens (tertiary/aromatic N) is 2. The van der Waals surface area contributed by atoms with Gasteiger partial charge in [-0.1, -0.05) is 18.2 Å². The van der Waals surface area contributed by atoms with Crippen molar-refractivity contribution < 1.29 is 4.74 Å². The van der Waals surface area contributed by atoms with Crippen LogP contribution in [0.25, 0.3) is 0 Å². The van der Waals surface area contributed by atoms with Gasteiger partial charge in [-0.3, -0.25) is 9.88 Å². The van der Waals surface area contributed by atoms with E-state index in [0.29, 0.717) is 18.0 Å². The molecule has 1 N–H and O–H groups in total. The fraction of sp³-hybridized carbons (Fsp3) is 0.476. The van der Waals surface area contributed by atoms with Crippen LogP contribution in [0.4, 0.5) is 0 Å². The third-order valence-electron chi connectivity index (χ3n) is 5.58. The first-order valence-electron chi connectivity index (χ1n) is 9.38. The summed E-state index contributed by atoms with van der Waals surface area (Å²) in [5.74, 6) is 1.53. The molecule has 1 fully saturated rings. The smallest absolute Gasteiger partial charge is 0.122 e. The number of hydrogen-bond donors (Lipinski definition) is 1. The number of piperidine rings is 1. The summed E-state index contributed by atoms with van der Waals surface area (Å²) < 4.78 is 5.85. The Morgan fingerprint density at radius 1 is 1.16 bits per heavy atom. The molecule has 0 saturated carbocycles. The quantitative estimate of drug-likeness (QED) is 0.909. The summed E-state index contributed by atoms with van der Waals surface area (Å²) in [7, 11) is 0. The van der Waals surface area contributed by atoms with Crippen LogP contribution in [0.3, 0.4) is 0 Å². The molecule has 2 aromatic rings. The zero-order chi connectivity index (χ0) is 17.1. The molecule has 0 spiro atoms. The molecule has 0 bridgehead atoms. The minimum absolute atomic E-state index is 0.445. The van der Waals surface area contributed by atoms with Gasteiger partial charge in [0.05, 0.1) is 6.61 Å². The van der Waals surface area contributed by atoms with Gasteiger partial charge in [-0.15, -0.1) is 0 Å². The number of fused-ring (bicyclic) bond motifs is 1. The highest BCUT2D eigenvalue weighted by atomic mass is 16.5. The van der Waals surface area contributed by atoms with Crippen molar-refractivity contribution in [2.75, 3.05) is 19.7 Å². The predicted octanol–water partition coefficient (Wildman–Crippen LogP) is 3.20. The molecule has 1 aromatic carbocycles. The SMILES string of the molecule is C[C@@H](NC1CCN(Cc2ccncc2)CC1)[C@H]1COc2ccccc21. The van der Waals surface area contributed by atoms with Gasteiger partial charge in [0, 0.05) is 42.5 Å². The van der Waals surface area contributed by atoms with E-state index >= 15 is 0 Å². The summed E-state index contributed by atoms with van der Waals surface area (Å²) in [5, 5.41) is 3.87. The predicted molar refractivity (Wildman–Crippen MR) is 99.8 cm³/mol. The molecule has 2 aliphatic rings. The third-order valence-corrected chi connectivity index (χ3v) is 5.58. The highest BCUT2D eigenvalue weighted by Gasteiger charge is 2.30. The van der Waals surface area contributed by atoms with Gasteiger partial charge in [0.25, 0.3) is 0 Å². The lowest BCUT2D eigenvalue weighted by atomic mass is 9.93. The highest BCUT2D eigenvalue weighted by Crippen LogP contribution is 2.35. The molecular weight excluding hydrogens is 310 g/mol. The van der Waals surface area contributed by atoms with Crippen LogP contribution in [0.5, 0.6) is 5.75 Å². The van der Waals surface area contributed by atoms with Gasteiger partial charge in [-0.25, -0.2) is 0 Å². The van der Waals surface area contributed by atoms with Gasteiger partial charge >= 0.3 is 0 Å². The van der Waals surface area contributed by atoms with Crippen molar-refractivity contribution >= 4 is 0 Å². The van der Waals surface area contributed by atoms with Gasteiger partial charge in [-0.2, -0.15) is 0 Å². The van der Waals surface area contributed by atoms with Crippen LogP contribution >= 0.6 is 0 Å². The van der Waals surface area contributed by atoms with Crippen molar-refractivity contribution in [2.24, 2.45) is 0 Å². The minimum Gasteiger partial charge on any atom is -0.493 e. The standard InChI is InChI=1S/C21H27N3O/c1-16(20-15-25-21-5-3-2-4-19(20)21)23-18-8-12-24(13-9-18)14-17-6-10-22-11-7-17/h2-7,10-11,16,18,20,23H,8-9,12-15H2,1H3/t16-,20-/m1/s1. The molecule has 4 nitrogen and oxygen atoms in total. The lowest BCUT2D eigenvalue weighted by molar-refractivity contribution is 0.179. The van der Waals surface area contributed by atoms with Gasteiger partial charge in [-0.05, 0) is 56.6 Å². The second-order valence-electron chi connectivity index (χ2n) is 7.32. The van der Waals surface area contributed by atoms with E-state index in [9.17, 15) is 0 Å². The molecule has 0 unspecified atom stereocenters. The number of likely N-dealkylation sites (tertiary alicyclic amines) is 1. The number of para-hydroxylation sites is 1. The lowest BCUT2D eigenvalue weighted by Gasteiger charge is -2.35. The molecular formula is C21H27N3O. The van der Waals surface area contributed by atoms with Crippen molar-refractivity contribution in [2.45, 2.75) is 44.3 Å². The maximum atomic E-state index is 5.85. The average molecular weight is 337 g/mol. The maximum absolute atomic E-state index is 5.85. The molecule has 0 radical (unpaired) electrons. The molecule has 1 aromatic heterocycles. The minimum atomic E-state index is 0.445. The highest BCUT2D eigenvalue weighted by molar-refractivity contribution is 5.40. The average Bonchev–Trinajstić information content (AvgIpc) is 3.08. The Balaban J connectivity index is 1.27. The van der Waals surface area contributed by atoms with Gasteiger partial charge in [0.15, 0.2) is 0 Å². The summed E-state index contributed by atoms with van der Waals surface area (Å²) in [6.07, 6.45) is 6.19.